The molecule has 0 saturated heterocycles. The third-order valence-electron chi connectivity index (χ3n) is 9.52. The van der Waals surface area contributed by atoms with Gasteiger partial charge in [0.15, 0.2) is 5.71 Å². The van der Waals surface area contributed by atoms with E-state index in [0.717, 1.165) is 63.1 Å². The van der Waals surface area contributed by atoms with Crippen molar-refractivity contribution in [3.63, 3.8) is 0 Å². The van der Waals surface area contributed by atoms with E-state index in [1.165, 1.54) is 45.1 Å². The molecule has 0 atom stereocenters. The SMILES string of the molecule is CC1(C)C(/C=C/C2=C(Cl)C(=C/C=C3/N(CCCCO)c4ccccc4C3(C)C)/CCC2)=[N+](CCCCO)c2ccccc21.I.S. The fourth-order valence-electron chi connectivity index (χ4n) is 7.09. The standard InChI is InChI=1S/C38H48ClN2O2.HI.H2S/c1-37(2)30-16-5-7-18-32(30)40(24-9-11-26-42)34(37)22-20-28-14-13-15-29(36(28)39)21-23-35-38(3,4)31-17-6-8-19-33(31)41(35)25-10-12-27-43;;/h5-8,16-23,42-43H,9-15,24-27H2,1-4H3;1H;1H2/q+1;;. The number of aliphatic hydroxyl groups excluding tert-OH is 2. The lowest BCUT2D eigenvalue weighted by atomic mass is 9.81. The van der Waals surface area contributed by atoms with E-state index in [2.05, 4.69) is 110 Å². The molecular formula is C38H51ClIN2O2S+. The predicted octanol–water partition coefficient (Wildman–Crippen LogP) is 9.18. The number of halogens is 2. The van der Waals surface area contributed by atoms with E-state index in [1.54, 1.807) is 0 Å². The number of fused-ring (bicyclic) bond motifs is 2. The fraction of sp³-hybridized carbons (Fsp3) is 0.447. The first-order valence-corrected chi connectivity index (χ1v) is 16.4. The number of unbranched alkanes of at least 4 members (excludes halogenated alkanes) is 2. The van der Waals surface area contributed by atoms with Crippen molar-refractivity contribution in [3.8, 4) is 0 Å². The number of hydrogen-bond acceptors (Lipinski definition) is 3. The number of allylic oxidation sites excluding steroid dienone is 8. The molecule has 0 bridgehead atoms. The number of para-hydroxylation sites is 2. The maximum Gasteiger partial charge on any atom is 0.209 e. The van der Waals surface area contributed by atoms with Crippen LogP contribution in [0.1, 0.15) is 83.8 Å². The van der Waals surface area contributed by atoms with Crippen molar-refractivity contribution >= 4 is 66.2 Å². The highest BCUT2D eigenvalue weighted by molar-refractivity contribution is 14.0. The third kappa shape index (κ3) is 7.67. The van der Waals surface area contributed by atoms with Crippen LogP contribution in [0.5, 0.6) is 0 Å². The molecular weight excluding hydrogens is 711 g/mol. The molecule has 4 nitrogen and oxygen atoms in total. The molecule has 0 aromatic heterocycles. The van der Waals surface area contributed by atoms with Crippen LogP contribution in [0.15, 0.2) is 94.7 Å². The maximum atomic E-state index is 9.40. The summed E-state index contributed by atoms with van der Waals surface area (Å²) < 4.78 is 2.44. The second-order valence-corrected chi connectivity index (χ2v) is 13.5. The topological polar surface area (TPSA) is 46.7 Å². The van der Waals surface area contributed by atoms with Gasteiger partial charge in [0.05, 0.1) is 5.41 Å². The zero-order valence-electron chi connectivity index (χ0n) is 27.3. The average molecular weight is 762 g/mol. The van der Waals surface area contributed by atoms with Crippen molar-refractivity contribution in [3.05, 3.63) is 106 Å². The molecule has 0 radical (unpaired) electrons. The van der Waals surface area contributed by atoms with E-state index in [4.69, 9.17) is 11.6 Å². The molecule has 0 unspecified atom stereocenters. The summed E-state index contributed by atoms with van der Waals surface area (Å²) in [7, 11) is 0. The summed E-state index contributed by atoms with van der Waals surface area (Å²) in [5.41, 5.74) is 9.96. The van der Waals surface area contributed by atoms with Gasteiger partial charge in [-0.05, 0) is 81.2 Å². The smallest absolute Gasteiger partial charge is 0.209 e. The molecule has 2 N–H and O–H groups in total. The summed E-state index contributed by atoms with van der Waals surface area (Å²) in [6.07, 6.45) is 15.6. The lowest BCUT2D eigenvalue weighted by Crippen LogP contribution is -2.28. The predicted molar refractivity (Wildman–Crippen MR) is 207 cm³/mol. The summed E-state index contributed by atoms with van der Waals surface area (Å²) in [6, 6.07) is 17.4. The highest BCUT2D eigenvalue weighted by atomic mass is 127. The van der Waals surface area contributed by atoms with Crippen molar-refractivity contribution in [2.24, 2.45) is 0 Å². The average Bonchev–Trinajstić information content (AvgIpc) is 3.35. The number of benzene rings is 2. The largest absolute Gasteiger partial charge is 0.396 e. The van der Waals surface area contributed by atoms with Gasteiger partial charge in [-0.25, -0.2) is 0 Å². The zero-order chi connectivity index (χ0) is 30.6. The molecule has 244 valence electrons. The summed E-state index contributed by atoms with van der Waals surface area (Å²) in [4.78, 5) is 2.44. The Morgan fingerprint density at radius 2 is 1.49 bits per heavy atom. The maximum absolute atomic E-state index is 9.40. The van der Waals surface area contributed by atoms with Crippen LogP contribution >= 0.6 is 49.1 Å². The lowest BCUT2D eigenvalue weighted by Gasteiger charge is -2.27. The molecule has 5 rings (SSSR count). The van der Waals surface area contributed by atoms with Gasteiger partial charge in [-0.2, -0.15) is 18.1 Å². The van der Waals surface area contributed by atoms with E-state index in [-0.39, 0.29) is 61.5 Å². The minimum atomic E-state index is -0.111. The van der Waals surface area contributed by atoms with Crippen molar-refractivity contribution in [1.82, 2.24) is 0 Å². The van der Waals surface area contributed by atoms with Gasteiger partial charge >= 0.3 is 0 Å². The number of anilines is 1. The van der Waals surface area contributed by atoms with Gasteiger partial charge in [0.25, 0.3) is 0 Å². The highest BCUT2D eigenvalue weighted by Crippen LogP contribution is 2.48. The Balaban J connectivity index is 0.00000276. The summed E-state index contributed by atoms with van der Waals surface area (Å²) in [5, 5.41) is 19.7. The first kappa shape index (κ1) is 37.6. The quantitative estimate of drug-likeness (QED) is 0.137. The monoisotopic (exact) mass is 761 g/mol. The van der Waals surface area contributed by atoms with Crippen LogP contribution in [0.25, 0.3) is 0 Å². The van der Waals surface area contributed by atoms with Crippen molar-refractivity contribution in [2.45, 2.75) is 83.5 Å². The van der Waals surface area contributed by atoms with Crippen molar-refractivity contribution in [2.75, 3.05) is 31.2 Å². The highest BCUT2D eigenvalue weighted by Gasteiger charge is 2.44. The lowest BCUT2D eigenvalue weighted by molar-refractivity contribution is -0.438. The van der Waals surface area contributed by atoms with Crippen molar-refractivity contribution < 1.29 is 14.8 Å². The Labute approximate surface area is 299 Å². The van der Waals surface area contributed by atoms with Gasteiger partial charge < -0.3 is 15.1 Å². The second-order valence-electron chi connectivity index (χ2n) is 13.1. The van der Waals surface area contributed by atoms with Crippen LogP contribution in [-0.2, 0) is 10.8 Å². The van der Waals surface area contributed by atoms with Crippen LogP contribution in [-0.4, -0.2) is 46.8 Å². The molecule has 0 fully saturated rings. The summed E-state index contributed by atoms with van der Waals surface area (Å²) in [6.45, 7) is 11.4. The van der Waals surface area contributed by atoms with Crippen LogP contribution in [0.4, 0.5) is 11.4 Å². The van der Waals surface area contributed by atoms with Gasteiger partial charge in [-0.3, -0.25) is 0 Å². The van der Waals surface area contributed by atoms with Gasteiger partial charge in [0.1, 0.15) is 6.54 Å². The molecule has 7 heteroatoms. The summed E-state index contributed by atoms with van der Waals surface area (Å²) >= 11 is 7.16. The summed E-state index contributed by atoms with van der Waals surface area (Å²) in [5.74, 6) is 0. The molecule has 0 amide bonds. The molecule has 0 spiro atoms. The van der Waals surface area contributed by atoms with E-state index in [0.29, 0.717) is 0 Å². The molecule has 1 aliphatic carbocycles. The van der Waals surface area contributed by atoms with Gasteiger partial charge in [0.2, 0.25) is 5.69 Å². The molecule has 2 heterocycles. The van der Waals surface area contributed by atoms with Gasteiger partial charge in [0, 0.05) is 65.7 Å². The molecule has 2 aliphatic heterocycles. The Hall–Kier alpha value is -1.84. The van der Waals surface area contributed by atoms with Gasteiger partial charge in [-0.1, -0.05) is 74.0 Å². The third-order valence-corrected chi connectivity index (χ3v) is 10.0. The second kappa shape index (κ2) is 16.3. The van der Waals surface area contributed by atoms with Crippen LogP contribution in [0.2, 0.25) is 0 Å². The van der Waals surface area contributed by atoms with Crippen LogP contribution < -0.4 is 4.90 Å². The fourth-order valence-corrected chi connectivity index (χ4v) is 7.41. The molecule has 3 aliphatic rings. The normalized spacial score (nSPS) is 20.1. The Morgan fingerprint density at radius 1 is 0.822 bits per heavy atom. The van der Waals surface area contributed by atoms with Crippen LogP contribution in [0.3, 0.4) is 0 Å². The Kier molecular flexibility index (Phi) is 13.6. The van der Waals surface area contributed by atoms with E-state index in [1.807, 2.05) is 0 Å². The number of nitrogens with zero attached hydrogens (tertiary/aromatic N) is 2. The van der Waals surface area contributed by atoms with Gasteiger partial charge in [-0.15, -0.1) is 24.0 Å². The van der Waals surface area contributed by atoms with E-state index in [9.17, 15) is 10.2 Å². The molecule has 2 aromatic carbocycles. The first-order chi connectivity index (χ1) is 20.7. The number of hydrogen-bond donors (Lipinski definition) is 2. The first-order valence-electron chi connectivity index (χ1n) is 16.0. The molecule has 0 saturated carbocycles. The van der Waals surface area contributed by atoms with Crippen molar-refractivity contribution in [1.29, 1.82) is 0 Å². The number of aliphatic hydroxyl groups is 2. The number of rotatable bonds is 11. The minimum absolute atomic E-state index is 0. The Bertz CT molecular complexity index is 1500. The Morgan fingerprint density at radius 3 is 2.22 bits per heavy atom. The van der Waals surface area contributed by atoms with Crippen LogP contribution in [0, 0.1) is 0 Å². The molecule has 45 heavy (non-hydrogen) atoms. The van der Waals surface area contributed by atoms with E-state index >= 15 is 0 Å². The molecule has 2 aromatic rings. The zero-order valence-corrected chi connectivity index (χ0v) is 31.4. The van der Waals surface area contributed by atoms with E-state index < -0.39 is 0 Å². The minimum Gasteiger partial charge on any atom is -0.396 e.